The van der Waals surface area contributed by atoms with Crippen LogP contribution in [0.3, 0.4) is 0 Å². The number of hydrogen-bond acceptors (Lipinski definition) is 4. The lowest BCUT2D eigenvalue weighted by Crippen LogP contribution is -2.62. The molecule has 1 rings (SSSR count). The molecule has 0 aromatic rings. The van der Waals surface area contributed by atoms with Gasteiger partial charge in [-0.2, -0.15) is 0 Å². The van der Waals surface area contributed by atoms with Crippen molar-refractivity contribution in [2.75, 3.05) is 26.0 Å². The normalized spacial score (nSPS) is 32.2. The molecule has 0 bridgehead atoms. The highest BCUT2D eigenvalue weighted by atomic mass is 32.2. The molecule has 0 heterocycles. The van der Waals surface area contributed by atoms with Crippen LogP contribution in [0.4, 0.5) is 0 Å². The maximum absolute atomic E-state index is 10.9. The Morgan fingerprint density at radius 2 is 2.00 bits per heavy atom. The van der Waals surface area contributed by atoms with Crippen molar-refractivity contribution in [2.24, 2.45) is 5.41 Å². The lowest BCUT2D eigenvalue weighted by atomic mass is 9.61. The Morgan fingerprint density at radius 1 is 1.33 bits per heavy atom. The Kier molecular flexibility index (Phi) is 5.58. The zero-order chi connectivity index (χ0) is 13.8. The first-order valence-electron chi connectivity index (χ1n) is 6.63. The summed E-state index contributed by atoms with van der Waals surface area (Å²) in [7, 11) is -3.08. The third-order valence-corrected chi connectivity index (χ3v) is 4.72. The molecular formula is C12H26N2O3S. The molecule has 108 valence electrons. The summed E-state index contributed by atoms with van der Waals surface area (Å²) in [6.45, 7) is 8.28. The molecule has 3 atom stereocenters. The van der Waals surface area contributed by atoms with E-state index in [9.17, 15) is 8.42 Å². The zero-order valence-electron chi connectivity index (χ0n) is 11.8. The first kappa shape index (κ1) is 15.9. The molecule has 0 radical (unpaired) electrons. The minimum absolute atomic E-state index is 0.168. The van der Waals surface area contributed by atoms with E-state index >= 15 is 0 Å². The van der Waals surface area contributed by atoms with Gasteiger partial charge in [-0.15, -0.1) is 0 Å². The number of sulfonamides is 1. The van der Waals surface area contributed by atoms with Crippen LogP contribution in [0.2, 0.25) is 0 Å². The van der Waals surface area contributed by atoms with Gasteiger partial charge in [-0.3, -0.25) is 0 Å². The quantitative estimate of drug-likeness (QED) is 0.642. The van der Waals surface area contributed by atoms with Gasteiger partial charge in [0.2, 0.25) is 10.0 Å². The molecule has 5 nitrogen and oxygen atoms in total. The summed E-state index contributed by atoms with van der Waals surface area (Å²) in [6, 6.07) is 0.417. The first-order chi connectivity index (χ1) is 8.33. The maximum Gasteiger partial charge on any atom is 0.208 e. The summed E-state index contributed by atoms with van der Waals surface area (Å²) in [4.78, 5) is 0. The van der Waals surface area contributed by atoms with Crippen molar-refractivity contribution in [3.63, 3.8) is 0 Å². The molecule has 1 fully saturated rings. The van der Waals surface area contributed by atoms with Gasteiger partial charge in [0, 0.05) is 31.2 Å². The minimum atomic E-state index is -3.08. The molecule has 2 N–H and O–H groups in total. The Labute approximate surface area is 111 Å². The van der Waals surface area contributed by atoms with E-state index in [1.54, 1.807) is 0 Å². The summed E-state index contributed by atoms with van der Waals surface area (Å²) < 4.78 is 30.1. The second-order valence-corrected chi connectivity index (χ2v) is 7.05. The topological polar surface area (TPSA) is 67.4 Å². The Morgan fingerprint density at radius 3 is 2.50 bits per heavy atom. The second-order valence-electron chi connectivity index (χ2n) is 5.21. The van der Waals surface area contributed by atoms with Gasteiger partial charge in [-0.1, -0.05) is 13.8 Å². The zero-order valence-corrected chi connectivity index (χ0v) is 12.6. The molecule has 3 unspecified atom stereocenters. The highest BCUT2D eigenvalue weighted by Crippen LogP contribution is 2.45. The van der Waals surface area contributed by atoms with Gasteiger partial charge in [0.15, 0.2) is 0 Å². The van der Waals surface area contributed by atoms with E-state index in [0.29, 0.717) is 25.2 Å². The van der Waals surface area contributed by atoms with Crippen LogP contribution < -0.4 is 10.0 Å². The van der Waals surface area contributed by atoms with Crippen molar-refractivity contribution in [2.45, 2.75) is 45.8 Å². The average molecular weight is 278 g/mol. The van der Waals surface area contributed by atoms with E-state index < -0.39 is 10.0 Å². The maximum atomic E-state index is 10.9. The summed E-state index contributed by atoms with van der Waals surface area (Å²) in [5, 5.41) is 3.41. The van der Waals surface area contributed by atoms with Crippen LogP contribution in [0.5, 0.6) is 0 Å². The fourth-order valence-electron chi connectivity index (χ4n) is 2.55. The van der Waals surface area contributed by atoms with Crippen molar-refractivity contribution in [3.8, 4) is 0 Å². The van der Waals surface area contributed by atoms with Crippen LogP contribution in [0.25, 0.3) is 0 Å². The van der Waals surface area contributed by atoms with Gasteiger partial charge >= 0.3 is 0 Å². The minimum Gasteiger partial charge on any atom is -0.378 e. The lowest BCUT2D eigenvalue weighted by Gasteiger charge is -2.53. The van der Waals surface area contributed by atoms with Crippen molar-refractivity contribution in [1.82, 2.24) is 10.0 Å². The van der Waals surface area contributed by atoms with Crippen LogP contribution in [-0.4, -0.2) is 46.5 Å². The van der Waals surface area contributed by atoms with E-state index in [4.69, 9.17) is 4.74 Å². The summed E-state index contributed by atoms with van der Waals surface area (Å²) in [5.74, 6) is 0. The predicted octanol–water partition coefficient (Wildman–Crippen LogP) is 0.719. The van der Waals surface area contributed by atoms with Crippen molar-refractivity contribution in [1.29, 1.82) is 0 Å². The van der Waals surface area contributed by atoms with Crippen LogP contribution in [0.15, 0.2) is 0 Å². The SMILES string of the molecule is CCOC1CC(NCCNS(C)(=O)=O)C1(C)CC. The van der Waals surface area contributed by atoms with Gasteiger partial charge in [0.1, 0.15) is 0 Å². The third kappa shape index (κ3) is 3.91. The molecule has 18 heavy (non-hydrogen) atoms. The number of hydrogen-bond donors (Lipinski definition) is 2. The predicted molar refractivity (Wildman–Crippen MR) is 73.1 cm³/mol. The Hall–Kier alpha value is -0.170. The molecule has 0 spiro atoms. The number of nitrogens with one attached hydrogen (secondary N) is 2. The number of rotatable bonds is 8. The van der Waals surface area contributed by atoms with E-state index in [2.05, 4.69) is 23.9 Å². The van der Waals surface area contributed by atoms with Crippen molar-refractivity contribution >= 4 is 10.0 Å². The highest BCUT2D eigenvalue weighted by Gasteiger charge is 2.50. The molecule has 1 saturated carbocycles. The highest BCUT2D eigenvalue weighted by molar-refractivity contribution is 7.88. The van der Waals surface area contributed by atoms with Crippen molar-refractivity contribution in [3.05, 3.63) is 0 Å². The summed E-state index contributed by atoms with van der Waals surface area (Å²) in [5.41, 5.74) is 0.168. The standard InChI is InChI=1S/C12H26N2O3S/c1-5-12(3)10(9-11(12)17-6-2)13-7-8-14-18(4,15)16/h10-11,13-14H,5-9H2,1-4H3. The molecule has 6 heteroatoms. The first-order valence-corrected chi connectivity index (χ1v) is 8.52. The molecule has 1 aliphatic carbocycles. The fraction of sp³-hybridized carbons (Fsp3) is 1.00. The summed E-state index contributed by atoms with van der Waals surface area (Å²) in [6.07, 6.45) is 3.58. The largest absolute Gasteiger partial charge is 0.378 e. The molecular weight excluding hydrogens is 252 g/mol. The molecule has 0 aromatic carbocycles. The van der Waals surface area contributed by atoms with E-state index in [-0.39, 0.29) is 5.41 Å². The molecule has 0 amide bonds. The lowest BCUT2D eigenvalue weighted by molar-refractivity contribution is -0.125. The van der Waals surface area contributed by atoms with Gasteiger partial charge < -0.3 is 10.1 Å². The Bertz CT molecular complexity index is 358. The molecule has 0 aliphatic heterocycles. The van der Waals surface area contributed by atoms with E-state index in [1.807, 2.05) is 6.92 Å². The van der Waals surface area contributed by atoms with E-state index in [0.717, 1.165) is 19.4 Å². The summed E-state index contributed by atoms with van der Waals surface area (Å²) >= 11 is 0. The van der Waals surface area contributed by atoms with Gasteiger partial charge in [0.25, 0.3) is 0 Å². The van der Waals surface area contributed by atoms with Crippen molar-refractivity contribution < 1.29 is 13.2 Å². The Balaban J connectivity index is 2.32. The molecule has 1 aliphatic rings. The molecule has 0 saturated heterocycles. The van der Waals surface area contributed by atoms with E-state index in [1.165, 1.54) is 6.26 Å². The van der Waals surface area contributed by atoms with Crippen LogP contribution in [-0.2, 0) is 14.8 Å². The average Bonchev–Trinajstić information content (AvgIpc) is 2.29. The van der Waals surface area contributed by atoms with Crippen LogP contribution in [0.1, 0.15) is 33.6 Å². The van der Waals surface area contributed by atoms with Gasteiger partial charge in [-0.25, -0.2) is 13.1 Å². The third-order valence-electron chi connectivity index (χ3n) is 3.99. The molecule has 0 aromatic heterocycles. The smallest absolute Gasteiger partial charge is 0.208 e. The second kappa shape index (κ2) is 6.32. The van der Waals surface area contributed by atoms with Crippen LogP contribution >= 0.6 is 0 Å². The fourth-order valence-corrected chi connectivity index (χ4v) is 3.02. The number of ether oxygens (including phenoxy) is 1. The van der Waals surface area contributed by atoms with Gasteiger partial charge in [-0.05, 0) is 19.8 Å². The monoisotopic (exact) mass is 278 g/mol. The van der Waals surface area contributed by atoms with Crippen LogP contribution in [0, 0.1) is 5.41 Å². The van der Waals surface area contributed by atoms with Gasteiger partial charge in [0.05, 0.1) is 12.4 Å².